The fourth-order valence-electron chi connectivity index (χ4n) is 1.39. The molecule has 0 saturated heterocycles. The monoisotopic (exact) mass is 221 g/mol. The molecule has 0 aliphatic rings. The second-order valence-electron chi connectivity index (χ2n) is 3.64. The number of unbranched alkanes of at least 4 members (excludes halogenated alkanes) is 2. The molecule has 4 heteroatoms. The fraction of sp³-hybridized carbons (Fsp3) is 0.500. The van der Waals surface area contributed by atoms with Crippen molar-refractivity contribution >= 4 is 11.7 Å². The molecule has 0 bridgehead atoms. The van der Waals surface area contributed by atoms with Crippen LogP contribution < -0.4 is 10.6 Å². The predicted octanol–water partition coefficient (Wildman–Crippen LogP) is 2.04. The van der Waals surface area contributed by atoms with Crippen molar-refractivity contribution < 1.29 is 4.79 Å². The predicted molar refractivity (Wildman–Crippen MR) is 65.6 cm³/mol. The van der Waals surface area contributed by atoms with E-state index in [4.69, 9.17) is 0 Å². The third-order valence-corrected chi connectivity index (χ3v) is 2.34. The number of anilines is 1. The van der Waals surface area contributed by atoms with Gasteiger partial charge in [0.2, 0.25) is 0 Å². The van der Waals surface area contributed by atoms with Crippen LogP contribution in [0.5, 0.6) is 0 Å². The lowest BCUT2D eigenvalue weighted by Gasteiger charge is -2.05. The molecule has 88 valence electrons. The maximum absolute atomic E-state index is 11.7. The Bertz CT molecular complexity index is 339. The SMILES string of the molecule is CCCCCNC(=O)c1ccnc(NC)c1. The Morgan fingerprint density at radius 3 is 2.94 bits per heavy atom. The van der Waals surface area contributed by atoms with Gasteiger partial charge in [-0.3, -0.25) is 4.79 Å². The average Bonchev–Trinajstić information content (AvgIpc) is 2.34. The number of nitrogens with one attached hydrogen (secondary N) is 2. The zero-order valence-corrected chi connectivity index (χ0v) is 9.92. The molecule has 1 aromatic heterocycles. The summed E-state index contributed by atoms with van der Waals surface area (Å²) in [7, 11) is 1.78. The van der Waals surface area contributed by atoms with Crippen LogP contribution in [0.1, 0.15) is 36.5 Å². The van der Waals surface area contributed by atoms with Gasteiger partial charge in [-0.15, -0.1) is 0 Å². The van der Waals surface area contributed by atoms with E-state index in [9.17, 15) is 4.79 Å². The number of rotatable bonds is 6. The molecule has 0 saturated carbocycles. The molecule has 0 unspecified atom stereocenters. The van der Waals surface area contributed by atoms with E-state index in [0.717, 1.165) is 25.8 Å². The third-order valence-electron chi connectivity index (χ3n) is 2.34. The number of pyridine rings is 1. The number of aromatic nitrogens is 1. The maximum Gasteiger partial charge on any atom is 0.251 e. The normalized spacial score (nSPS) is 9.88. The molecule has 1 amide bonds. The van der Waals surface area contributed by atoms with Gasteiger partial charge >= 0.3 is 0 Å². The van der Waals surface area contributed by atoms with Crippen molar-refractivity contribution in [2.75, 3.05) is 18.9 Å². The molecule has 1 rings (SSSR count). The highest BCUT2D eigenvalue weighted by Crippen LogP contribution is 2.05. The molecule has 0 spiro atoms. The Morgan fingerprint density at radius 2 is 2.25 bits per heavy atom. The molecule has 0 aliphatic heterocycles. The van der Waals surface area contributed by atoms with E-state index in [0.29, 0.717) is 11.4 Å². The molecular weight excluding hydrogens is 202 g/mol. The van der Waals surface area contributed by atoms with Crippen LogP contribution in [0.25, 0.3) is 0 Å². The quantitative estimate of drug-likeness (QED) is 0.723. The van der Waals surface area contributed by atoms with Crippen LogP contribution >= 0.6 is 0 Å². The van der Waals surface area contributed by atoms with Crippen molar-refractivity contribution in [3.63, 3.8) is 0 Å². The summed E-state index contributed by atoms with van der Waals surface area (Å²) in [5, 5.41) is 5.80. The molecule has 1 heterocycles. The van der Waals surface area contributed by atoms with Crippen molar-refractivity contribution in [2.45, 2.75) is 26.2 Å². The standard InChI is InChI=1S/C12H19N3O/c1-3-4-5-7-15-12(16)10-6-8-14-11(9-10)13-2/h6,8-9H,3-5,7H2,1-2H3,(H,13,14)(H,15,16). The molecule has 0 radical (unpaired) electrons. The summed E-state index contributed by atoms with van der Waals surface area (Å²) in [5.41, 5.74) is 0.649. The van der Waals surface area contributed by atoms with Gasteiger partial charge in [-0.1, -0.05) is 19.8 Å². The molecule has 2 N–H and O–H groups in total. The van der Waals surface area contributed by atoms with E-state index in [1.165, 1.54) is 0 Å². The number of amides is 1. The second-order valence-corrected chi connectivity index (χ2v) is 3.64. The minimum Gasteiger partial charge on any atom is -0.373 e. The van der Waals surface area contributed by atoms with Crippen molar-refractivity contribution in [3.8, 4) is 0 Å². The van der Waals surface area contributed by atoms with E-state index in [1.54, 1.807) is 25.4 Å². The maximum atomic E-state index is 11.7. The molecule has 4 nitrogen and oxygen atoms in total. The Morgan fingerprint density at radius 1 is 1.44 bits per heavy atom. The highest BCUT2D eigenvalue weighted by molar-refractivity contribution is 5.94. The first-order chi connectivity index (χ1) is 7.77. The lowest BCUT2D eigenvalue weighted by atomic mass is 10.2. The summed E-state index contributed by atoms with van der Waals surface area (Å²) in [6, 6.07) is 3.46. The lowest BCUT2D eigenvalue weighted by molar-refractivity contribution is 0.0953. The summed E-state index contributed by atoms with van der Waals surface area (Å²) in [6.07, 6.45) is 4.98. The molecule has 1 aromatic rings. The van der Waals surface area contributed by atoms with Crippen molar-refractivity contribution in [1.82, 2.24) is 10.3 Å². The molecule has 0 fully saturated rings. The first-order valence-electron chi connectivity index (χ1n) is 5.70. The van der Waals surface area contributed by atoms with E-state index in [2.05, 4.69) is 22.5 Å². The van der Waals surface area contributed by atoms with Gasteiger partial charge in [0.05, 0.1) is 0 Å². The van der Waals surface area contributed by atoms with Gasteiger partial charge in [-0.2, -0.15) is 0 Å². The number of carbonyl (C=O) groups is 1. The van der Waals surface area contributed by atoms with Crippen LogP contribution in [0.3, 0.4) is 0 Å². The van der Waals surface area contributed by atoms with E-state index in [1.807, 2.05) is 0 Å². The number of hydrogen-bond donors (Lipinski definition) is 2. The van der Waals surface area contributed by atoms with Gasteiger partial charge in [0.15, 0.2) is 0 Å². The van der Waals surface area contributed by atoms with Gasteiger partial charge in [0.1, 0.15) is 5.82 Å². The van der Waals surface area contributed by atoms with Crippen LogP contribution in [-0.4, -0.2) is 24.5 Å². The first kappa shape index (κ1) is 12.5. The van der Waals surface area contributed by atoms with Gasteiger partial charge in [-0.25, -0.2) is 4.98 Å². The lowest BCUT2D eigenvalue weighted by Crippen LogP contribution is -2.24. The Balaban J connectivity index is 2.46. The van der Waals surface area contributed by atoms with Crippen molar-refractivity contribution in [1.29, 1.82) is 0 Å². The zero-order valence-electron chi connectivity index (χ0n) is 9.92. The number of nitrogens with zero attached hydrogens (tertiary/aromatic N) is 1. The highest BCUT2D eigenvalue weighted by Gasteiger charge is 2.05. The largest absolute Gasteiger partial charge is 0.373 e. The average molecular weight is 221 g/mol. The molecule has 0 aromatic carbocycles. The molecule has 0 atom stereocenters. The summed E-state index contributed by atoms with van der Waals surface area (Å²) in [5.74, 6) is 0.677. The van der Waals surface area contributed by atoms with E-state index < -0.39 is 0 Å². The highest BCUT2D eigenvalue weighted by atomic mass is 16.1. The van der Waals surface area contributed by atoms with E-state index >= 15 is 0 Å². The minimum absolute atomic E-state index is 0.0324. The summed E-state index contributed by atoms with van der Waals surface area (Å²) < 4.78 is 0. The molecule has 16 heavy (non-hydrogen) atoms. The van der Waals surface area contributed by atoms with Crippen LogP contribution in [0, 0.1) is 0 Å². The van der Waals surface area contributed by atoms with Crippen LogP contribution in [0.15, 0.2) is 18.3 Å². The smallest absolute Gasteiger partial charge is 0.251 e. The van der Waals surface area contributed by atoms with Crippen LogP contribution in [0.4, 0.5) is 5.82 Å². The van der Waals surface area contributed by atoms with Gasteiger partial charge in [0, 0.05) is 25.4 Å². The molecule has 0 aliphatic carbocycles. The first-order valence-corrected chi connectivity index (χ1v) is 5.70. The zero-order chi connectivity index (χ0) is 11.8. The fourth-order valence-corrected chi connectivity index (χ4v) is 1.39. The van der Waals surface area contributed by atoms with Gasteiger partial charge in [0.25, 0.3) is 5.91 Å². The third kappa shape index (κ3) is 3.88. The van der Waals surface area contributed by atoms with Crippen LogP contribution in [0.2, 0.25) is 0 Å². The van der Waals surface area contributed by atoms with E-state index in [-0.39, 0.29) is 5.91 Å². The van der Waals surface area contributed by atoms with Crippen molar-refractivity contribution in [3.05, 3.63) is 23.9 Å². The number of hydrogen-bond acceptors (Lipinski definition) is 3. The Kier molecular flexibility index (Phi) is 5.32. The minimum atomic E-state index is -0.0324. The number of carbonyl (C=O) groups excluding carboxylic acids is 1. The van der Waals surface area contributed by atoms with Crippen LogP contribution in [-0.2, 0) is 0 Å². The second kappa shape index (κ2) is 6.82. The Hall–Kier alpha value is -1.58. The Labute approximate surface area is 96.5 Å². The molecular formula is C12H19N3O. The van der Waals surface area contributed by atoms with Gasteiger partial charge < -0.3 is 10.6 Å². The van der Waals surface area contributed by atoms with Crippen molar-refractivity contribution in [2.24, 2.45) is 0 Å². The topological polar surface area (TPSA) is 54.0 Å². The summed E-state index contributed by atoms with van der Waals surface area (Å²) in [4.78, 5) is 15.8. The summed E-state index contributed by atoms with van der Waals surface area (Å²) in [6.45, 7) is 2.88. The van der Waals surface area contributed by atoms with Gasteiger partial charge in [-0.05, 0) is 18.6 Å². The summed E-state index contributed by atoms with van der Waals surface area (Å²) >= 11 is 0.